The lowest BCUT2D eigenvalue weighted by molar-refractivity contribution is -0.117. The Labute approximate surface area is 182 Å². The highest BCUT2D eigenvalue weighted by atomic mass is 32.1. The molecule has 3 aromatic rings. The Balaban J connectivity index is 1.35. The molecule has 0 bridgehead atoms. The van der Waals surface area contributed by atoms with Crippen LogP contribution in [0, 0.1) is 0 Å². The minimum absolute atomic E-state index is 0.0821. The van der Waals surface area contributed by atoms with Crippen LogP contribution in [-0.4, -0.2) is 41.4 Å². The number of para-hydroxylation sites is 2. The van der Waals surface area contributed by atoms with Crippen LogP contribution in [0.3, 0.4) is 0 Å². The molecule has 156 valence electrons. The number of thiazole rings is 1. The van der Waals surface area contributed by atoms with Gasteiger partial charge in [0.1, 0.15) is 5.75 Å². The van der Waals surface area contributed by atoms with E-state index >= 15 is 0 Å². The minimum atomic E-state index is -0.139. The molecule has 0 aliphatic carbocycles. The van der Waals surface area contributed by atoms with Crippen molar-refractivity contribution in [2.45, 2.75) is 19.9 Å². The molecule has 30 heavy (non-hydrogen) atoms. The molecular weight excluding hydrogens is 420 g/mol. The van der Waals surface area contributed by atoms with E-state index in [0.29, 0.717) is 34.6 Å². The van der Waals surface area contributed by atoms with Gasteiger partial charge < -0.3 is 10.1 Å². The number of fused-ring (bicyclic) bond motifs is 1. The number of rotatable bonds is 7. The molecule has 1 aliphatic heterocycles. The largest absolute Gasteiger partial charge is 0.492 e. The Kier molecular flexibility index (Phi) is 6.41. The summed E-state index contributed by atoms with van der Waals surface area (Å²) in [6.45, 7) is 4.13. The molecular formula is C21H22N4O3S2. The Morgan fingerprint density at radius 1 is 1.20 bits per heavy atom. The summed E-state index contributed by atoms with van der Waals surface area (Å²) in [6.07, 6.45) is 0.753. The number of ether oxygens (including phenoxy) is 1. The van der Waals surface area contributed by atoms with Crippen LogP contribution in [0.4, 0.5) is 10.8 Å². The molecule has 0 spiro atoms. The maximum atomic E-state index is 12.6. The summed E-state index contributed by atoms with van der Waals surface area (Å²) >= 11 is 2.87. The van der Waals surface area contributed by atoms with Gasteiger partial charge in [0.25, 0.3) is 5.91 Å². The number of anilines is 2. The average molecular weight is 443 g/mol. The summed E-state index contributed by atoms with van der Waals surface area (Å²) in [6, 6.07) is 11.1. The summed E-state index contributed by atoms with van der Waals surface area (Å²) in [5, 5.41) is 8.29. The third-order valence-electron chi connectivity index (χ3n) is 4.60. The molecule has 0 radical (unpaired) electrons. The predicted octanol–water partition coefficient (Wildman–Crippen LogP) is 3.85. The Morgan fingerprint density at radius 2 is 2.07 bits per heavy atom. The average Bonchev–Trinajstić information content (AvgIpc) is 3.39. The zero-order valence-electron chi connectivity index (χ0n) is 16.5. The van der Waals surface area contributed by atoms with E-state index in [1.165, 1.54) is 22.7 Å². The van der Waals surface area contributed by atoms with E-state index in [2.05, 4.69) is 20.5 Å². The van der Waals surface area contributed by atoms with Crippen molar-refractivity contribution in [3.05, 3.63) is 57.2 Å². The number of amides is 2. The number of hydrogen-bond acceptors (Lipinski definition) is 7. The number of thiophene rings is 1. The van der Waals surface area contributed by atoms with Gasteiger partial charge in [-0.1, -0.05) is 18.2 Å². The third kappa shape index (κ3) is 4.86. The van der Waals surface area contributed by atoms with Gasteiger partial charge in [0.05, 0.1) is 29.4 Å². The zero-order valence-corrected chi connectivity index (χ0v) is 18.1. The predicted molar refractivity (Wildman–Crippen MR) is 120 cm³/mol. The number of aromatic nitrogens is 1. The van der Waals surface area contributed by atoms with Crippen LogP contribution in [0.25, 0.3) is 0 Å². The van der Waals surface area contributed by atoms with Crippen molar-refractivity contribution in [3.63, 3.8) is 0 Å². The van der Waals surface area contributed by atoms with Crippen molar-refractivity contribution < 1.29 is 14.3 Å². The molecule has 0 fully saturated rings. The van der Waals surface area contributed by atoms with Gasteiger partial charge in [0, 0.05) is 24.4 Å². The number of nitrogens with one attached hydrogen (secondary N) is 2. The van der Waals surface area contributed by atoms with E-state index in [-0.39, 0.29) is 18.4 Å². The van der Waals surface area contributed by atoms with Crippen LogP contribution >= 0.6 is 22.7 Å². The van der Waals surface area contributed by atoms with Crippen molar-refractivity contribution in [3.8, 4) is 5.75 Å². The molecule has 0 unspecified atom stereocenters. The normalized spacial score (nSPS) is 13.5. The van der Waals surface area contributed by atoms with E-state index in [9.17, 15) is 9.59 Å². The zero-order chi connectivity index (χ0) is 20.9. The number of carbonyl (C=O) groups is 2. The molecule has 3 heterocycles. The highest BCUT2D eigenvalue weighted by Crippen LogP contribution is 2.29. The van der Waals surface area contributed by atoms with Crippen LogP contribution in [-0.2, 0) is 17.8 Å². The first-order valence-corrected chi connectivity index (χ1v) is 11.4. The lowest BCUT2D eigenvalue weighted by atomic mass is 10.2. The monoisotopic (exact) mass is 442 g/mol. The molecule has 7 nitrogen and oxygen atoms in total. The van der Waals surface area contributed by atoms with Crippen molar-refractivity contribution in [2.75, 3.05) is 30.3 Å². The van der Waals surface area contributed by atoms with E-state index in [4.69, 9.17) is 4.74 Å². The lowest BCUT2D eigenvalue weighted by Crippen LogP contribution is -2.36. The van der Waals surface area contributed by atoms with Gasteiger partial charge in [-0.05, 0) is 30.5 Å². The maximum Gasteiger partial charge on any atom is 0.267 e. The highest BCUT2D eigenvalue weighted by Gasteiger charge is 2.23. The van der Waals surface area contributed by atoms with Crippen LogP contribution < -0.4 is 15.4 Å². The summed E-state index contributed by atoms with van der Waals surface area (Å²) in [4.78, 5) is 33.2. The fraction of sp³-hybridized carbons (Fsp3) is 0.286. The quantitative estimate of drug-likeness (QED) is 0.581. The second-order valence-corrected chi connectivity index (χ2v) is 8.79. The van der Waals surface area contributed by atoms with Gasteiger partial charge in [-0.15, -0.1) is 22.7 Å². The first-order chi connectivity index (χ1) is 14.6. The van der Waals surface area contributed by atoms with Crippen LogP contribution in [0.2, 0.25) is 0 Å². The Morgan fingerprint density at radius 3 is 2.87 bits per heavy atom. The summed E-state index contributed by atoms with van der Waals surface area (Å²) in [5.41, 5.74) is 1.68. The maximum absolute atomic E-state index is 12.6. The van der Waals surface area contributed by atoms with E-state index in [0.717, 1.165) is 23.5 Å². The summed E-state index contributed by atoms with van der Waals surface area (Å²) in [7, 11) is 0. The Bertz CT molecular complexity index is 1030. The van der Waals surface area contributed by atoms with Crippen molar-refractivity contribution in [1.82, 2.24) is 9.88 Å². The van der Waals surface area contributed by atoms with Crippen molar-refractivity contribution in [2.24, 2.45) is 0 Å². The van der Waals surface area contributed by atoms with E-state index in [1.54, 1.807) is 6.07 Å². The van der Waals surface area contributed by atoms with Gasteiger partial charge >= 0.3 is 0 Å². The second kappa shape index (κ2) is 9.38. The molecule has 0 saturated heterocycles. The van der Waals surface area contributed by atoms with E-state index in [1.807, 2.05) is 42.6 Å². The van der Waals surface area contributed by atoms with Gasteiger partial charge in [0.15, 0.2) is 5.13 Å². The molecule has 9 heteroatoms. The molecule has 2 aromatic heterocycles. The fourth-order valence-corrected chi connectivity index (χ4v) is 4.91. The SMILES string of the molecule is CCOc1ccccc1NC(=O)CN1CCc2nc(NC(=O)c3cccs3)sc2C1. The highest BCUT2D eigenvalue weighted by molar-refractivity contribution is 7.16. The van der Waals surface area contributed by atoms with Crippen LogP contribution in [0.1, 0.15) is 27.2 Å². The molecule has 2 N–H and O–H groups in total. The third-order valence-corrected chi connectivity index (χ3v) is 6.47. The number of hydrogen-bond donors (Lipinski definition) is 2. The molecule has 1 aromatic carbocycles. The number of nitrogens with zero attached hydrogens (tertiary/aromatic N) is 2. The van der Waals surface area contributed by atoms with Crippen LogP contribution in [0.5, 0.6) is 5.75 Å². The lowest BCUT2D eigenvalue weighted by Gasteiger charge is -2.25. The minimum Gasteiger partial charge on any atom is -0.492 e. The van der Waals surface area contributed by atoms with Crippen LogP contribution in [0.15, 0.2) is 41.8 Å². The van der Waals surface area contributed by atoms with Gasteiger partial charge in [-0.3, -0.25) is 19.8 Å². The standard InChI is InChI=1S/C21H22N4O3S2/c1-2-28-16-7-4-3-6-14(16)22-19(26)13-25-10-9-15-18(12-25)30-21(23-15)24-20(27)17-8-5-11-29-17/h3-8,11H,2,9-10,12-13H2,1H3,(H,22,26)(H,23,24,27). The van der Waals surface area contributed by atoms with Crippen molar-refractivity contribution in [1.29, 1.82) is 0 Å². The van der Waals surface area contributed by atoms with Crippen molar-refractivity contribution >= 4 is 45.3 Å². The van der Waals surface area contributed by atoms with Gasteiger partial charge in [-0.2, -0.15) is 0 Å². The fourth-order valence-electron chi connectivity index (χ4n) is 3.25. The molecule has 0 saturated carbocycles. The summed E-state index contributed by atoms with van der Waals surface area (Å²) < 4.78 is 5.57. The first kappa shape index (κ1) is 20.5. The number of carbonyl (C=O) groups excluding carboxylic acids is 2. The second-order valence-electron chi connectivity index (χ2n) is 6.76. The molecule has 1 aliphatic rings. The molecule has 4 rings (SSSR count). The smallest absolute Gasteiger partial charge is 0.267 e. The summed E-state index contributed by atoms with van der Waals surface area (Å²) in [5.74, 6) is 0.449. The van der Waals surface area contributed by atoms with Gasteiger partial charge in [0.2, 0.25) is 5.91 Å². The number of benzene rings is 1. The topological polar surface area (TPSA) is 83.6 Å². The first-order valence-electron chi connectivity index (χ1n) is 9.70. The Hall–Kier alpha value is -2.75. The van der Waals surface area contributed by atoms with E-state index < -0.39 is 0 Å². The molecule has 0 atom stereocenters. The molecule has 2 amide bonds. The van der Waals surface area contributed by atoms with Gasteiger partial charge in [-0.25, -0.2) is 4.98 Å².